The van der Waals surface area contributed by atoms with Crippen molar-refractivity contribution in [2.45, 2.75) is 12.9 Å². The topological polar surface area (TPSA) is 30.5 Å². The van der Waals surface area contributed by atoms with Crippen molar-refractivity contribution in [2.75, 3.05) is 12.4 Å². The second kappa shape index (κ2) is 6.39. The van der Waals surface area contributed by atoms with E-state index in [1.807, 2.05) is 24.3 Å². The highest BCUT2D eigenvalue weighted by Crippen LogP contribution is 2.25. The molecule has 112 valence electrons. The zero-order chi connectivity index (χ0) is 15.3. The van der Waals surface area contributed by atoms with Gasteiger partial charge in [0, 0.05) is 6.54 Å². The predicted octanol–water partition coefficient (Wildman–Crippen LogP) is 4.21. The van der Waals surface area contributed by atoms with Gasteiger partial charge in [-0.25, -0.2) is 0 Å². The van der Waals surface area contributed by atoms with E-state index in [1.165, 1.54) is 12.1 Å². The van der Waals surface area contributed by atoms with E-state index in [0.29, 0.717) is 12.3 Å². The minimum Gasteiger partial charge on any atom is -0.495 e. The number of ether oxygens (including phenoxy) is 2. The molecule has 0 saturated heterocycles. The molecule has 2 aromatic carbocycles. The number of methoxy groups -OCH3 is 1. The predicted molar refractivity (Wildman–Crippen MR) is 73.4 cm³/mol. The standard InChI is InChI=1S/C15H14F3NO2/c1-20-14-5-3-2-4-13(14)19-10-11-6-8-12(9-7-11)21-15(16,17)18/h2-9,19H,10H2,1H3. The molecule has 0 amide bonds. The van der Waals surface area contributed by atoms with E-state index in [4.69, 9.17) is 4.74 Å². The Labute approximate surface area is 120 Å². The Kier molecular flexibility index (Phi) is 4.57. The van der Waals surface area contributed by atoms with Crippen LogP contribution in [0.5, 0.6) is 11.5 Å². The maximum absolute atomic E-state index is 12.0. The molecule has 21 heavy (non-hydrogen) atoms. The number of nitrogens with one attached hydrogen (secondary N) is 1. The Bertz CT molecular complexity index is 582. The largest absolute Gasteiger partial charge is 0.573 e. The van der Waals surface area contributed by atoms with E-state index in [-0.39, 0.29) is 5.75 Å². The zero-order valence-corrected chi connectivity index (χ0v) is 11.3. The molecule has 0 aromatic heterocycles. The molecule has 0 aliphatic heterocycles. The Hall–Kier alpha value is -2.37. The number of rotatable bonds is 5. The molecular formula is C15H14F3NO2. The van der Waals surface area contributed by atoms with Gasteiger partial charge in [-0.05, 0) is 29.8 Å². The first kappa shape index (κ1) is 15.0. The Morgan fingerprint density at radius 1 is 1.00 bits per heavy atom. The van der Waals surface area contributed by atoms with Crippen molar-refractivity contribution < 1.29 is 22.6 Å². The fourth-order valence-electron chi connectivity index (χ4n) is 1.80. The third kappa shape index (κ3) is 4.59. The third-order valence-electron chi connectivity index (χ3n) is 2.75. The number of anilines is 1. The number of hydrogen-bond donors (Lipinski definition) is 1. The Morgan fingerprint density at radius 3 is 2.29 bits per heavy atom. The lowest BCUT2D eigenvalue weighted by Crippen LogP contribution is -2.17. The summed E-state index contributed by atoms with van der Waals surface area (Å²) < 4.78 is 45.2. The summed E-state index contributed by atoms with van der Waals surface area (Å²) in [5.74, 6) is 0.470. The summed E-state index contributed by atoms with van der Waals surface area (Å²) in [7, 11) is 1.57. The van der Waals surface area contributed by atoms with Crippen molar-refractivity contribution in [3.05, 3.63) is 54.1 Å². The van der Waals surface area contributed by atoms with Gasteiger partial charge < -0.3 is 14.8 Å². The monoisotopic (exact) mass is 297 g/mol. The fraction of sp³-hybridized carbons (Fsp3) is 0.200. The minimum absolute atomic E-state index is 0.233. The van der Waals surface area contributed by atoms with E-state index in [9.17, 15) is 13.2 Å². The summed E-state index contributed by atoms with van der Waals surface area (Å²) in [6.45, 7) is 0.465. The second-order valence-electron chi connectivity index (χ2n) is 4.25. The molecule has 0 spiro atoms. The number of para-hydroxylation sites is 2. The summed E-state index contributed by atoms with van der Waals surface area (Å²) in [6, 6.07) is 13.1. The highest BCUT2D eigenvalue weighted by Gasteiger charge is 2.30. The van der Waals surface area contributed by atoms with E-state index in [0.717, 1.165) is 11.3 Å². The van der Waals surface area contributed by atoms with Crippen LogP contribution in [0.25, 0.3) is 0 Å². The van der Waals surface area contributed by atoms with Gasteiger partial charge in [-0.1, -0.05) is 24.3 Å². The highest BCUT2D eigenvalue weighted by atomic mass is 19.4. The SMILES string of the molecule is COc1ccccc1NCc1ccc(OC(F)(F)F)cc1. The molecule has 1 N–H and O–H groups in total. The lowest BCUT2D eigenvalue weighted by atomic mass is 10.2. The van der Waals surface area contributed by atoms with Crippen molar-refractivity contribution in [3.8, 4) is 11.5 Å². The smallest absolute Gasteiger partial charge is 0.495 e. The van der Waals surface area contributed by atoms with Gasteiger partial charge in [0.2, 0.25) is 0 Å². The summed E-state index contributed by atoms with van der Waals surface area (Å²) in [5, 5.41) is 3.16. The van der Waals surface area contributed by atoms with Crippen molar-refractivity contribution in [1.29, 1.82) is 0 Å². The van der Waals surface area contributed by atoms with Gasteiger partial charge in [0.1, 0.15) is 11.5 Å². The highest BCUT2D eigenvalue weighted by molar-refractivity contribution is 5.56. The normalized spacial score (nSPS) is 11.0. The Balaban J connectivity index is 1.98. The number of halogens is 3. The Morgan fingerprint density at radius 2 is 1.67 bits per heavy atom. The van der Waals surface area contributed by atoms with Gasteiger partial charge >= 0.3 is 6.36 Å². The van der Waals surface area contributed by atoms with Crippen molar-refractivity contribution in [2.24, 2.45) is 0 Å². The molecule has 0 unspecified atom stereocenters. The molecule has 0 bridgehead atoms. The van der Waals surface area contributed by atoms with Crippen molar-refractivity contribution in [3.63, 3.8) is 0 Å². The minimum atomic E-state index is -4.67. The van der Waals surface area contributed by atoms with Gasteiger partial charge in [-0.15, -0.1) is 13.2 Å². The fourth-order valence-corrected chi connectivity index (χ4v) is 1.80. The van der Waals surface area contributed by atoms with Crippen molar-refractivity contribution in [1.82, 2.24) is 0 Å². The summed E-state index contributed by atoms with van der Waals surface area (Å²) >= 11 is 0. The summed E-state index contributed by atoms with van der Waals surface area (Å²) in [4.78, 5) is 0. The molecule has 2 rings (SSSR count). The van der Waals surface area contributed by atoms with Gasteiger partial charge in [0.05, 0.1) is 12.8 Å². The van der Waals surface area contributed by atoms with Gasteiger partial charge in [0.15, 0.2) is 0 Å². The lowest BCUT2D eigenvalue weighted by molar-refractivity contribution is -0.274. The molecule has 0 heterocycles. The van der Waals surface area contributed by atoms with Crippen LogP contribution >= 0.6 is 0 Å². The van der Waals surface area contributed by atoms with Gasteiger partial charge in [0.25, 0.3) is 0 Å². The van der Waals surface area contributed by atoms with Crippen LogP contribution in [0.15, 0.2) is 48.5 Å². The molecule has 0 aliphatic rings. The van der Waals surface area contributed by atoms with Crippen LogP contribution in [-0.4, -0.2) is 13.5 Å². The molecule has 0 fully saturated rings. The van der Waals surface area contributed by atoms with Crippen LogP contribution in [0.4, 0.5) is 18.9 Å². The van der Waals surface area contributed by atoms with E-state index in [2.05, 4.69) is 10.1 Å². The van der Waals surface area contributed by atoms with Crippen LogP contribution < -0.4 is 14.8 Å². The third-order valence-corrected chi connectivity index (χ3v) is 2.75. The molecule has 0 atom stereocenters. The summed E-state index contributed by atoms with van der Waals surface area (Å²) in [5.41, 5.74) is 1.64. The summed E-state index contributed by atoms with van der Waals surface area (Å²) in [6.07, 6.45) is -4.67. The average molecular weight is 297 g/mol. The first-order chi connectivity index (χ1) is 9.98. The molecule has 2 aromatic rings. The maximum atomic E-state index is 12.0. The van der Waals surface area contributed by atoms with Crippen LogP contribution in [-0.2, 0) is 6.54 Å². The maximum Gasteiger partial charge on any atom is 0.573 e. The number of alkyl halides is 3. The molecule has 0 saturated carbocycles. The van der Waals surface area contributed by atoms with Crippen LogP contribution in [0.1, 0.15) is 5.56 Å². The van der Waals surface area contributed by atoms with Crippen LogP contribution in [0.2, 0.25) is 0 Å². The van der Waals surface area contributed by atoms with Gasteiger partial charge in [-0.3, -0.25) is 0 Å². The van der Waals surface area contributed by atoms with Crippen molar-refractivity contribution >= 4 is 5.69 Å². The van der Waals surface area contributed by atoms with E-state index in [1.54, 1.807) is 19.2 Å². The molecule has 0 aliphatic carbocycles. The lowest BCUT2D eigenvalue weighted by Gasteiger charge is -2.12. The number of benzene rings is 2. The van der Waals surface area contributed by atoms with E-state index >= 15 is 0 Å². The molecular weight excluding hydrogens is 283 g/mol. The molecule has 0 radical (unpaired) electrons. The van der Waals surface area contributed by atoms with Crippen LogP contribution in [0.3, 0.4) is 0 Å². The van der Waals surface area contributed by atoms with Crippen LogP contribution in [0, 0.1) is 0 Å². The quantitative estimate of drug-likeness (QED) is 0.897. The average Bonchev–Trinajstić information content (AvgIpc) is 2.45. The molecule has 3 nitrogen and oxygen atoms in total. The van der Waals surface area contributed by atoms with Gasteiger partial charge in [-0.2, -0.15) is 0 Å². The number of hydrogen-bond acceptors (Lipinski definition) is 3. The zero-order valence-electron chi connectivity index (χ0n) is 11.3. The first-order valence-corrected chi connectivity index (χ1v) is 6.19. The van der Waals surface area contributed by atoms with E-state index < -0.39 is 6.36 Å². The molecule has 6 heteroatoms. The second-order valence-corrected chi connectivity index (χ2v) is 4.25. The first-order valence-electron chi connectivity index (χ1n) is 6.19.